The first-order valence-electron chi connectivity index (χ1n) is 7.95. The molecule has 0 fully saturated rings. The molecule has 0 atom stereocenters. The maximum atomic E-state index is 13.3. The molecule has 0 N–H and O–H groups in total. The van der Waals surface area contributed by atoms with Crippen LogP contribution in [0.2, 0.25) is 0 Å². The van der Waals surface area contributed by atoms with Crippen molar-refractivity contribution in [2.45, 2.75) is 39.7 Å². The van der Waals surface area contributed by atoms with Crippen LogP contribution in [0, 0.1) is 0 Å². The zero-order chi connectivity index (χ0) is 15.9. The van der Waals surface area contributed by atoms with E-state index in [0.29, 0.717) is 25.3 Å². The van der Waals surface area contributed by atoms with Crippen LogP contribution in [-0.4, -0.2) is 47.0 Å². The molecule has 0 bridgehead atoms. The lowest BCUT2D eigenvalue weighted by Gasteiger charge is -2.23. The third-order valence-corrected chi connectivity index (χ3v) is 3.63. The number of carbonyl (C=O) groups is 1. The Hall–Kier alpha value is -1.69. The molecule has 0 radical (unpaired) electrons. The molecule has 2 heterocycles. The highest BCUT2D eigenvalue weighted by Gasteiger charge is 2.23. The van der Waals surface area contributed by atoms with E-state index in [9.17, 15) is 9.18 Å². The first-order chi connectivity index (χ1) is 10.6. The summed E-state index contributed by atoms with van der Waals surface area (Å²) in [6.45, 7) is 7.44. The van der Waals surface area contributed by atoms with Gasteiger partial charge in [0.25, 0.3) is 5.91 Å². The fourth-order valence-corrected chi connectivity index (χ4v) is 2.65. The number of halogens is 1. The van der Waals surface area contributed by atoms with Gasteiger partial charge in [-0.1, -0.05) is 19.0 Å². The Labute approximate surface area is 130 Å². The summed E-state index contributed by atoms with van der Waals surface area (Å²) in [6, 6.07) is 1.68. The van der Waals surface area contributed by atoms with Crippen LogP contribution in [0.1, 0.15) is 49.4 Å². The number of amides is 1. The number of hydrogen-bond acceptors (Lipinski definition) is 4. The zero-order valence-corrected chi connectivity index (χ0v) is 13.3. The first kappa shape index (κ1) is 16.7. The summed E-state index contributed by atoms with van der Waals surface area (Å²) >= 11 is 0. The summed E-state index contributed by atoms with van der Waals surface area (Å²) in [5.74, 6) is 0.148. The van der Waals surface area contributed by atoms with Crippen molar-refractivity contribution in [2.24, 2.45) is 0 Å². The molecule has 1 aromatic rings. The van der Waals surface area contributed by atoms with Gasteiger partial charge in [-0.15, -0.1) is 0 Å². The highest BCUT2D eigenvalue weighted by Crippen LogP contribution is 2.15. The summed E-state index contributed by atoms with van der Waals surface area (Å²) in [5, 5.41) is 3.85. The van der Waals surface area contributed by atoms with Gasteiger partial charge in [0.05, 0.1) is 13.1 Å². The van der Waals surface area contributed by atoms with Gasteiger partial charge in [-0.25, -0.2) is 4.39 Å². The van der Waals surface area contributed by atoms with Crippen molar-refractivity contribution in [1.82, 2.24) is 15.0 Å². The maximum absolute atomic E-state index is 13.3. The molecule has 1 amide bonds. The lowest BCUT2D eigenvalue weighted by molar-refractivity contribution is 0.0744. The van der Waals surface area contributed by atoms with E-state index < -0.39 is 0 Å². The number of nitrogens with zero attached hydrogens (tertiary/aromatic N) is 3. The molecule has 2 rings (SSSR count). The highest BCUT2D eigenvalue weighted by molar-refractivity contribution is 5.92. The minimum absolute atomic E-state index is 0.0266. The molecule has 122 valence electrons. The molecule has 0 saturated carbocycles. The van der Waals surface area contributed by atoms with E-state index >= 15 is 0 Å². The Morgan fingerprint density at radius 2 is 2.14 bits per heavy atom. The van der Waals surface area contributed by atoms with Crippen molar-refractivity contribution >= 4 is 5.91 Å². The molecule has 0 spiro atoms. The maximum Gasteiger partial charge on any atom is 0.276 e. The average molecular weight is 309 g/mol. The van der Waals surface area contributed by atoms with Crippen LogP contribution < -0.4 is 0 Å². The van der Waals surface area contributed by atoms with Crippen molar-refractivity contribution in [1.29, 1.82) is 0 Å². The van der Waals surface area contributed by atoms with E-state index in [0.717, 1.165) is 25.9 Å². The van der Waals surface area contributed by atoms with E-state index in [1.54, 1.807) is 6.07 Å². The van der Waals surface area contributed by atoms with Gasteiger partial charge in [0.2, 0.25) is 0 Å². The van der Waals surface area contributed by atoms with Gasteiger partial charge in [-0.05, 0) is 38.4 Å². The van der Waals surface area contributed by atoms with Crippen LogP contribution in [0.15, 0.2) is 22.5 Å². The minimum Gasteiger partial charge on any atom is -0.359 e. The predicted octanol–water partition coefficient (Wildman–Crippen LogP) is 3.00. The number of aromatic nitrogens is 1. The summed E-state index contributed by atoms with van der Waals surface area (Å²) in [4.78, 5) is 16.0. The molecule has 1 aliphatic heterocycles. The molecule has 0 unspecified atom stereocenters. The van der Waals surface area contributed by atoms with E-state index in [-0.39, 0.29) is 24.0 Å². The van der Waals surface area contributed by atoms with Gasteiger partial charge < -0.3 is 9.42 Å². The van der Waals surface area contributed by atoms with Gasteiger partial charge in [0, 0.05) is 12.6 Å². The van der Waals surface area contributed by atoms with Gasteiger partial charge >= 0.3 is 0 Å². The molecule has 0 saturated heterocycles. The van der Waals surface area contributed by atoms with Crippen molar-refractivity contribution in [2.75, 3.05) is 26.2 Å². The van der Waals surface area contributed by atoms with Crippen LogP contribution >= 0.6 is 0 Å². The van der Waals surface area contributed by atoms with Crippen molar-refractivity contribution in [3.05, 3.63) is 29.4 Å². The number of hydrogen-bond donors (Lipinski definition) is 0. The van der Waals surface area contributed by atoms with E-state index in [4.69, 9.17) is 4.52 Å². The third-order valence-electron chi connectivity index (χ3n) is 3.63. The average Bonchev–Trinajstić information content (AvgIpc) is 2.95. The Bertz CT molecular complexity index is 521. The summed E-state index contributed by atoms with van der Waals surface area (Å²) in [6.07, 6.45) is 4.20. The standard InChI is InChI=1S/C16H24FN3O2/c1-3-7-19(8-4-2)12-14-10-15(18-22-14)16(21)20-9-5-6-13(17)11-20/h6,10H,3-5,7-9,11-12H2,1-2H3. The topological polar surface area (TPSA) is 49.6 Å². The molecule has 5 nitrogen and oxygen atoms in total. The van der Waals surface area contributed by atoms with Crippen LogP contribution in [0.3, 0.4) is 0 Å². The Balaban J connectivity index is 1.98. The van der Waals surface area contributed by atoms with Crippen LogP contribution in [0.5, 0.6) is 0 Å². The Morgan fingerprint density at radius 3 is 2.77 bits per heavy atom. The Kier molecular flexibility index (Phi) is 6.12. The second kappa shape index (κ2) is 8.08. The molecule has 0 aromatic carbocycles. The van der Waals surface area contributed by atoms with Gasteiger partial charge in [-0.3, -0.25) is 9.69 Å². The number of carbonyl (C=O) groups excluding carboxylic acids is 1. The smallest absolute Gasteiger partial charge is 0.276 e. The fourth-order valence-electron chi connectivity index (χ4n) is 2.65. The van der Waals surface area contributed by atoms with E-state index in [2.05, 4.69) is 23.9 Å². The second-order valence-corrected chi connectivity index (χ2v) is 5.62. The summed E-state index contributed by atoms with van der Waals surface area (Å²) in [7, 11) is 0. The summed E-state index contributed by atoms with van der Waals surface area (Å²) in [5.41, 5.74) is 0.262. The van der Waals surface area contributed by atoms with Crippen molar-refractivity contribution in [3.63, 3.8) is 0 Å². The SMILES string of the molecule is CCCN(CCC)Cc1cc(C(=O)N2CCC=C(F)C2)no1. The molecular weight excluding hydrogens is 285 g/mol. The van der Waals surface area contributed by atoms with Crippen molar-refractivity contribution < 1.29 is 13.7 Å². The van der Waals surface area contributed by atoms with E-state index in [1.807, 2.05) is 0 Å². The molecule has 22 heavy (non-hydrogen) atoms. The van der Waals surface area contributed by atoms with Crippen LogP contribution in [0.4, 0.5) is 4.39 Å². The lowest BCUT2D eigenvalue weighted by Crippen LogP contribution is -2.35. The highest BCUT2D eigenvalue weighted by atomic mass is 19.1. The van der Waals surface area contributed by atoms with E-state index in [1.165, 1.54) is 11.0 Å². The van der Waals surface area contributed by atoms with Crippen molar-refractivity contribution in [3.8, 4) is 0 Å². The van der Waals surface area contributed by atoms with Crippen LogP contribution in [0.25, 0.3) is 0 Å². The minimum atomic E-state index is -0.268. The molecule has 1 aliphatic rings. The Morgan fingerprint density at radius 1 is 1.41 bits per heavy atom. The van der Waals surface area contributed by atoms with Gasteiger partial charge in [0.1, 0.15) is 5.83 Å². The first-order valence-corrected chi connectivity index (χ1v) is 7.95. The van der Waals surface area contributed by atoms with Gasteiger partial charge in [0.15, 0.2) is 11.5 Å². The monoisotopic (exact) mass is 309 g/mol. The zero-order valence-electron chi connectivity index (χ0n) is 13.3. The normalized spacial score (nSPS) is 15.3. The molecule has 0 aliphatic carbocycles. The molecular formula is C16H24FN3O2. The number of rotatable bonds is 7. The summed E-state index contributed by atoms with van der Waals surface area (Å²) < 4.78 is 18.6. The van der Waals surface area contributed by atoms with Crippen LogP contribution in [-0.2, 0) is 6.54 Å². The third kappa shape index (κ3) is 4.40. The van der Waals surface area contributed by atoms with Gasteiger partial charge in [-0.2, -0.15) is 0 Å². The largest absolute Gasteiger partial charge is 0.359 e. The molecule has 6 heteroatoms. The fraction of sp³-hybridized carbons (Fsp3) is 0.625. The molecule has 1 aromatic heterocycles. The quantitative estimate of drug-likeness (QED) is 0.777. The second-order valence-electron chi connectivity index (χ2n) is 5.62. The lowest BCUT2D eigenvalue weighted by atomic mass is 10.2. The predicted molar refractivity (Wildman–Crippen MR) is 82.1 cm³/mol.